The number of hydrogen-bond acceptors (Lipinski definition) is 4. The number of nitrogens with one attached hydrogen (secondary N) is 3. The number of carbonyl (C=O) groups is 2. The fraction of sp³-hybridized carbons (Fsp3) is 0.588. The minimum atomic E-state index is -0.370. The van der Waals surface area contributed by atoms with Gasteiger partial charge in [-0.05, 0) is 44.5 Å². The first-order valence-corrected chi connectivity index (χ1v) is 8.81. The zero-order valence-electron chi connectivity index (χ0n) is 14.9. The van der Waals surface area contributed by atoms with Gasteiger partial charge in [0.05, 0.1) is 0 Å². The third kappa shape index (κ3) is 4.37. The van der Waals surface area contributed by atoms with Gasteiger partial charge in [0.1, 0.15) is 5.56 Å². The number of piperidine rings is 1. The summed E-state index contributed by atoms with van der Waals surface area (Å²) in [7, 11) is 0. The highest BCUT2D eigenvalue weighted by atomic mass is 35.5. The van der Waals surface area contributed by atoms with E-state index in [0.717, 1.165) is 25.9 Å². The van der Waals surface area contributed by atoms with Crippen LogP contribution in [-0.2, 0) is 0 Å². The van der Waals surface area contributed by atoms with Crippen molar-refractivity contribution in [1.29, 1.82) is 0 Å². The van der Waals surface area contributed by atoms with E-state index < -0.39 is 0 Å². The highest BCUT2D eigenvalue weighted by Crippen LogP contribution is 2.17. The fourth-order valence-electron chi connectivity index (χ4n) is 3.41. The van der Waals surface area contributed by atoms with Gasteiger partial charge in [-0.25, -0.2) is 4.79 Å². The fourth-order valence-corrected chi connectivity index (χ4v) is 3.41. The van der Waals surface area contributed by atoms with E-state index in [9.17, 15) is 14.4 Å². The number of aryl methyl sites for hydroxylation is 1. The molecular weight excluding hydrogens is 358 g/mol. The monoisotopic (exact) mass is 383 g/mol. The van der Waals surface area contributed by atoms with Crippen molar-refractivity contribution in [3.8, 4) is 0 Å². The van der Waals surface area contributed by atoms with Crippen molar-refractivity contribution in [3.05, 3.63) is 33.7 Å². The van der Waals surface area contributed by atoms with Crippen molar-refractivity contribution >= 4 is 24.3 Å². The van der Waals surface area contributed by atoms with Crippen LogP contribution in [0.1, 0.15) is 34.8 Å². The van der Waals surface area contributed by atoms with Gasteiger partial charge in [-0.3, -0.25) is 9.59 Å². The highest BCUT2D eigenvalue weighted by molar-refractivity contribution is 5.95. The lowest BCUT2D eigenvalue weighted by atomic mass is 10.0. The van der Waals surface area contributed by atoms with Crippen LogP contribution in [0.15, 0.2) is 17.1 Å². The molecule has 26 heavy (non-hydrogen) atoms. The van der Waals surface area contributed by atoms with Crippen molar-refractivity contribution in [2.75, 3.05) is 39.3 Å². The number of nitrogens with zero attached hydrogens (tertiary/aromatic N) is 2. The van der Waals surface area contributed by atoms with E-state index in [0.29, 0.717) is 31.7 Å². The Kier molecular flexibility index (Phi) is 7.05. The van der Waals surface area contributed by atoms with Crippen molar-refractivity contribution in [3.63, 3.8) is 0 Å². The third-order valence-corrected chi connectivity index (χ3v) is 4.87. The Morgan fingerprint density at radius 3 is 2.65 bits per heavy atom. The van der Waals surface area contributed by atoms with Gasteiger partial charge in [0, 0.05) is 38.4 Å². The Hall–Kier alpha value is -2.06. The van der Waals surface area contributed by atoms with Gasteiger partial charge >= 0.3 is 6.03 Å². The molecule has 144 valence electrons. The number of urea groups is 1. The summed E-state index contributed by atoms with van der Waals surface area (Å²) in [6, 6.07) is 1.85. The normalized spacial score (nSPS) is 17.6. The van der Waals surface area contributed by atoms with Gasteiger partial charge < -0.3 is 25.4 Å². The number of hydrogen-bond donors (Lipinski definition) is 3. The molecule has 1 aromatic heterocycles. The Morgan fingerprint density at radius 1 is 1.27 bits per heavy atom. The molecule has 0 unspecified atom stereocenters. The maximum atomic E-state index is 12.8. The molecule has 9 heteroatoms. The predicted octanol–water partition coefficient (Wildman–Crippen LogP) is 0.258. The lowest BCUT2D eigenvalue weighted by molar-refractivity contribution is 0.0947. The van der Waals surface area contributed by atoms with Gasteiger partial charge in [0.25, 0.3) is 11.5 Å². The summed E-state index contributed by atoms with van der Waals surface area (Å²) < 4.78 is 1.69. The summed E-state index contributed by atoms with van der Waals surface area (Å²) >= 11 is 0. The molecule has 1 aromatic rings. The molecule has 0 radical (unpaired) electrons. The number of carbonyl (C=O) groups excluding carboxylic acids is 2. The Labute approximate surface area is 158 Å². The van der Waals surface area contributed by atoms with Crippen molar-refractivity contribution < 1.29 is 9.59 Å². The standard InChI is InChI=1S/C17H25N5O3.ClH/c1-12-4-9-22(13-2-5-18-6-3-13)16(24)14(12)15(23)19-7-10-21-11-8-20-17(21)25;/h4,9,13,18H,2-3,5-8,10-11H2,1H3,(H,19,23)(H,20,25);1H. The average Bonchev–Trinajstić information content (AvgIpc) is 3.01. The van der Waals surface area contributed by atoms with Crippen LogP contribution in [0.25, 0.3) is 0 Å². The van der Waals surface area contributed by atoms with Crippen molar-refractivity contribution in [2.45, 2.75) is 25.8 Å². The summed E-state index contributed by atoms with van der Waals surface area (Å²) in [6.07, 6.45) is 3.56. The summed E-state index contributed by atoms with van der Waals surface area (Å²) in [5, 5.41) is 8.77. The van der Waals surface area contributed by atoms with Gasteiger partial charge in [0.2, 0.25) is 0 Å². The van der Waals surface area contributed by atoms with E-state index in [1.165, 1.54) is 0 Å². The Bertz CT molecular complexity index is 715. The van der Waals surface area contributed by atoms with E-state index in [1.54, 1.807) is 22.6 Å². The van der Waals surface area contributed by atoms with Gasteiger partial charge in [-0.2, -0.15) is 0 Å². The van der Waals surface area contributed by atoms with Crippen LogP contribution in [0.3, 0.4) is 0 Å². The lowest BCUT2D eigenvalue weighted by Gasteiger charge is -2.25. The van der Waals surface area contributed by atoms with Gasteiger partial charge in [-0.15, -0.1) is 12.4 Å². The van der Waals surface area contributed by atoms with Crippen LogP contribution in [0.4, 0.5) is 4.79 Å². The molecular formula is C17H26ClN5O3. The minimum Gasteiger partial charge on any atom is -0.350 e. The van der Waals surface area contributed by atoms with Crippen LogP contribution in [0, 0.1) is 6.92 Å². The number of halogens is 1. The van der Waals surface area contributed by atoms with E-state index in [-0.39, 0.29) is 41.5 Å². The zero-order valence-corrected chi connectivity index (χ0v) is 15.7. The number of pyridine rings is 1. The number of aromatic nitrogens is 1. The molecule has 0 bridgehead atoms. The van der Waals surface area contributed by atoms with Crippen molar-refractivity contribution in [2.24, 2.45) is 0 Å². The molecule has 0 spiro atoms. The molecule has 2 aliphatic heterocycles. The molecule has 3 N–H and O–H groups in total. The molecule has 3 rings (SSSR count). The summed E-state index contributed by atoms with van der Waals surface area (Å²) in [5.41, 5.74) is 0.641. The minimum absolute atomic E-state index is 0. The quantitative estimate of drug-likeness (QED) is 0.679. The van der Waals surface area contributed by atoms with E-state index in [4.69, 9.17) is 0 Å². The van der Waals surface area contributed by atoms with E-state index >= 15 is 0 Å². The second kappa shape index (κ2) is 9.05. The largest absolute Gasteiger partial charge is 0.350 e. The summed E-state index contributed by atoms with van der Waals surface area (Å²) in [5.74, 6) is -0.370. The zero-order chi connectivity index (χ0) is 17.8. The van der Waals surface area contributed by atoms with Gasteiger partial charge in [0.15, 0.2) is 0 Å². The van der Waals surface area contributed by atoms with E-state index in [1.807, 2.05) is 6.07 Å². The second-order valence-electron chi connectivity index (χ2n) is 6.54. The van der Waals surface area contributed by atoms with Crippen LogP contribution >= 0.6 is 12.4 Å². The summed E-state index contributed by atoms with van der Waals surface area (Å²) in [6.45, 7) is 5.57. The average molecular weight is 384 g/mol. The molecule has 0 aromatic carbocycles. The first kappa shape index (κ1) is 20.3. The van der Waals surface area contributed by atoms with Crippen LogP contribution in [0.2, 0.25) is 0 Å². The van der Waals surface area contributed by atoms with Crippen LogP contribution < -0.4 is 21.5 Å². The van der Waals surface area contributed by atoms with Crippen LogP contribution in [0.5, 0.6) is 0 Å². The molecule has 3 amide bonds. The topological polar surface area (TPSA) is 95.5 Å². The first-order chi connectivity index (χ1) is 12.1. The number of amides is 3. The van der Waals surface area contributed by atoms with Crippen LogP contribution in [-0.4, -0.2) is 60.7 Å². The molecule has 2 fully saturated rings. The van der Waals surface area contributed by atoms with Gasteiger partial charge in [-0.1, -0.05) is 0 Å². The third-order valence-electron chi connectivity index (χ3n) is 4.87. The van der Waals surface area contributed by atoms with E-state index in [2.05, 4.69) is 16.0 Å². The summed E-state index contributed by atoms with van der Waals surface area (Å²) in [4.78, 5) is 38.5. The maximum absolute atomic E-state index is 12.8. The molecule has 0 saturated carbocycles. The maximum Gasteiger partial charge on any atom is 0.317 e. The Balaban J connectivity index is 0.00000243. The number of rotatable bonds is 5. The molecule has 0 aliphatic carbocycles. The predicted molar refractivity (Wildman–Crippen MR) is 101 cm³/mol. The van der Waals surface area contributed by atoms with Crippen molar-refractivity contribution in [1.82, 2.24) is 25.4 Å². The molecule has 2 aliphatic rings. The second-order valence-corrected chi connectivity index (χ2v) is 6.54. The SMILES string of the molecule is Cc1ccn(C2CCNCC2)c(=O)c1C(=O)NCCN1CCNC1=O.Cl. The Morgan fingerprint density at radius 2 is 2.00 bits per heavy atom. The highest BCUT2D eigenvalue weighted by Gasteiger charge is 2.22. The lowest BCUT2D eigenvalue weighted by Crippen LogP contribution is -2.41. The molecule has 2 saturated heterocycles. The first-order valence-electron chi connectivity index (χ1n) is 8.81. The smallest absolute Gasteiger partial charge is 0.317 e. The molecule has 8 nitrogen and oxygen atoms in total. The molecule has 3 heterocycles. The molecule has 0 atom stereocenters.